The summed E-state index contributed by atoms with van der Waals surface area (Å²) in [6.07, 6.45) is 5.23. The highest BCUT2D eigenvalue weighted by Crippen LogP contribution is 2.13. The number of ether oxygens (including phenoxy) is 1. The number of amides is 2. The van der Waals surface area contributed by atoms with Crippen molar-refractivity contribution in [3.05, 3.63) is 54.1 Å². The first kappa shape index (κ1) is 17.8. The normalized spacial score (nSPS) is 14.7. The molecule has 1 aromatic carbocycles. The molecule has 26 heavy (non-hydrogen) atoms. The van der Waals surface area contributed by atoms with Crippen LogP contribution in [0.3, 0.4) is 0 Å². The summed E-state index contributed by atoms with van der Waals surface area (Å²) in [7, 11) is 0. The van der Waals surface area contributed by atoms with Gasteiger partial charge in [-0.2, -0.15) is 0 Å². The second-order valence-corrected chi connectivity index (χ2v) is 6.22. The summed E-state index contributed by atoms with van der Waals surface area (Å²) < 4.78 is 5.60. The van der Waals surface area contributed by atoms with Gasteiger partial charge < -0.3 is 14.5 Å². The maximum Gasteiger partial charge on any atom is 0.274 e. The molecule has 136 valence electrons. The zero-order chi connectivity index (χ0) is 18.4. The first-order valence-corrected chi connectivity index (χ1v) is 8.66. The van der Waals surface area contributed by atoms with E-state index in [2.05, 4.69) is 9.97 Å². The third-order valence-corrected chi connectivity index (χ3v) is 4.27. The molecule has 1 aliphatic rings. The second-order valence-electron chi connectivity index (χ2n) is 6.22. The molecule has 7 nitrogen and oxygen atoms in total. The van der Waals surface area contributed by atoms with E-state index in [1.807, 2.05) is 31.2 Å². The van der Waals surface area contributed by atoms with Crippen molar-refractivity contribution in [1.82, 2.24) is 19.8 Å². The fourth-order valence-electron chi connectivity index (χ4n) is 2.88. The van der Waals surface area contributed by atoms with Crippen molar-refractivity contribution in [2.45, 2.75) is 13.3 Å². The Labute approximate surface area is 152 Å². The predicted octanol–water partition coefficient (Wildman–Crippen LogP) is 1.54. The first-order chi connectivity index (χ1) is 12.6. The Morgan fingerprint density at radius 1 is 1.12 bits per heavy atom. The number of hydrogen-bond donors (Lipinski definition) is 0. The minimum Gasteiger partial charge on any atom is -0.484 e. The monoisotopic (exact) mass is 354 g/mol. The van der Waals surface area contributed by atoms with Gasteiger partial charge in [0.25, 0.3) is 11.8 Å². The van der Waals surface area contributed by atoms with E-state index in [1.165, 1.54) is 18.6 Å². The molecule has 3 rings (SSSR count). The van der Waals surface area contributed by atoms with Gasteiger partial charge in [-0.05, 0) is 31.0 Å². The molecular formula is C19H22N4O3. The third-order valence-electron chi connectivity index (χ3n) is 4.27. The quantitative estimate of drug-likeness (QED) is 0.832. The number of benzene rings is 1. The van der Waals surface area contributed by atoms with Crippen LogP contribution in [-0.2, 0) is 4.79 Å². The zero-order valence-electron chi connectivity index (χ0n) is 14.8. The number of carbonyl (C=O) groups excluding carboxylic acids is 2. The van der Waals surface area contributed by atoms with Crippen molar-refractivity contribution >= 4 is 11.8 Å². The number of hydrogen-bond acceptors (Lipinski definition) is 5. The van der Waals surface area contributed by atoms with Crippen LogP contribution in [0.5, 0.6) is 5.75 Å². The van der Waals surface area contributed by atoms with E-state index < -0.39 is 0 Å². The molecule has 7 heteroatoms. The molecule has 0 bridgehead atoms. The molecule has 1 saturated heterocycles. The van der Waals surface area contributed by atoms with Gasteiger partial charge in [0.2, 0.25) is 0 Å². The molecule has 1 aromatic heterocycles. The van der Waals surface area contributed by atoms with Crippen molar-refractivity contribution < 1.29 is 14.3 Å². The summed E-state index contributed by atoms with van der Waals surface area (Å²) in [6.45, 7) is 4.15. The van der Waals surface area contributed by atoms with Gasteiger partial charge in [-0.15, -0.1) is 0 Å². The molecule has 1 fully saturated rings. The summed E-state index contributed by atoms with van der Waals surface area (Å²) in [5.74, 6) is 0.469. The summed E-state index contributed by atoms with van der Waals surface area (Å²) in [5.41, 5.74) is 1.41. The Bertz CT molecular complexity index is 766. The minimum absolute atomic E-state index is 0.00155. The van der Waals surface area contributed by atoms with Gasteiger partial charge in [0.05, 0.1) is 6.20 Å². The second kappa shape index (κ2) is 8.42. The van der Waals surface area contributed by atoms with E-state index in [1.54, 1.807) is 9.80 Å². The van der Waals surface area contributed by atoms with Crippen LogP contribution in [0, 0.1) is 6.92 Å². The van der Waals surface area contributed by atoms with Gasteiger partial charge in [0, 0.05) is 38.6 Å². The standard InChI is InChI=1S/C19H22N4O3/c1-15-4-2-5-16(12-15)26-14-18(24)22-8-3-9-23(11-10-22)19(25)17-13-20-6-7-21-17/h2,4-7,12-13H,3,8-11,14H2,1H3. The molecule has 2 aromatic rings. The Balaban J connectivity index is 1.53. The van der Waals surface area contributed by atoms with E-state index in [-0.39, 0.29) is 18.4 Å². The lowest BCUT2D eigenvalue weighted by molar-refractivity contribution is -0.133. The number of aromatic nitrogens is 2. The summed E-state index contributed by atoms with van der Waals surface area (Å²) in [4.78, 5) is 36.4. The highest BCUT2D eigenvalue weighted by Gasteiger charge is 2.23. The zero-order valence-corrected chi connectivity index (χ0v) is 14.8. The van der Waals surface area contributed by atoms with Crippen molar-refractivity contribution in [3.8, 4) is 5.75 Å². The summed E-state index contributed by atoms with van der Waals surface area (Å²) in [6, 6.07) is 7.62. The van der Waals surface area contributed by atoms with Crippen molar-refractivity contribution in [2.75, 3.05) is 32.8 Å². The van der Waals surface area contributed by atoms with E-state index in [9.17, 15) is 9.59 Å². The molecule has 1 aliphatic heterocycles. The van der Waals surface area contributed by atoms with Crippen molar-refractivity contribution in [3.63, 3.8) is 0 Å². The lowest BCUT2D eigenvalue weighted by Gasteiger charge is -2.22. The van der Waals surface area contributed by atoms with E-state index in [4.69, 9.17) is 4.74 Å². The fraction of sp³-hybridized carbons (Fsp3) is 0.368. The van der Waals surface area contributed by atoms with Crippen LogP contribution in [-0.4, -0.2) is 64.4 Å². The SMILES string of the molecule is Cc1cccc(OCC(=O)N2CCCN(C(=O)c3cnccn3)CC2)c1. The topological polar surface area (TPSA) is 75.6 Å². The molecule has 0 atom stereocenters. The molecule has 0 spiro atoms. The maximum absolute atomic E-state index is 12.5. The number of rotatable bonds is 4. The van der Waals surface area contributed by atoms with Gasteiger partial charge >= 0.3 is 0 Å². The molecule has 2 amide bonds. The highest BCUT2D eigenvalue weighted by atomic mass is 16.5. The van der Waals surface area contributed by atoms with Crippen LogP contribution < -0.4 is 4.74 Å². The Hall–Kier alpha value is -2.96. The van der Waals surface area contributed by atoms with Gasteiger partial charge in [0.15, 0.2) is 6.61 Å². The minimum atomic E-state index is -0.150. The van der Waals surface area contributed by atoms with Crippen molar-refractivity contribution in [2.24, 2.45) is 0 Å². The smallest absolute Gasteiger partial charge is 0.274 e. The largest absolute Gasteiger partial charge is 0.484 e. The lowest BCUT2D eigenvalue weighted by atomic mass is 10.2. The molecule has 2 heterocycles. The average molecular weight is 354 g/mol. The van der Waals surface area contributed by atoms with Crippen LogP contribution in [0.2, 0.25) is 0 Å². The number of carbonyl (C=O) groups is 2. The van der Waals surface area contributed by atoms with Crippen molar-refractivity contribution in [1.29, 1.82) is 0 Å². The van der Waals surface area contributed by atoms with Crippen LogP contribution in [0.15, 0.2) is 42.9 Å². The Morgan fingerprint density at radius 3 is 2.69 bits per heavy atom. The Morgan fingerprint density at radius 2 is 1.92 bits per heavy atom. The van der Waals surface area contributed by atoms with E-state index in [0.29, 0.717) is 37.6 Å². The van der Waals surface area contributed by atoms with Gasteiger partial charge in [0.1, 0.15) is 11.4 Å². The van der Waals surface area contributed by atoms with Crippen LogP contribution >= 0.6 is 0 Å². The lowest BCUT2D eigenvalue weighted by Crippen LogP contribution is -2.39. The summed E-state index contributed by atoms with van der Waals surface area (Å²) >= 11 is 0. The van der Waals surface area contributed by atoms with Gasteiger partial charge in [-0.3, -0.25) is 14.6 Å². The van der Waals surface area contributed by atoms with Gasteiger partial charge in [-0.1, -0.05) is 12.1 Å². The maximum atomic E-state index is 12.5. The molecular weight excluding hydrogens is 332 g/mol. The van der Waals surface area contributed by atoms with E-state index in [0.717, 1.165) is 12.0 Å². The van der Waals surface area contributed by atoms with Crippen LogP contribution in [0.1, 0.15) is 22.5 Å². The molecule has 0 unspecified atom stereocenters. The van der Waals surface area contributed by atoms with Crippen LogP contribution in [0.25, 0.3) is 0 Å². The number of nitrogens with zero attached hydrogens (tertiary/aromatic N) is 4. The summed E-state index contributed by atoms with van der Waals surface area (Å²) in [5, 5.41) is 0. The third kappa shape index (κ3) is 4.56. The highest BCUT2D eigenvalue weighted by molar-refractivity contribution is 5.92. The first-order valence-electron chi connectivity index (χ1n) is 8.66. The van der Waals surface area contributed by atoms with Crippen LogP contribution in [0.4, 0.5) is 0 Å². The molecule has 0 aliphatic carbocycles. The molecule has 0 saturated carbocycles. The average Bonchev–Trinajstić information content (AvgIpc) is 2.92. The molecule has 0 N–H and O–H groups in total. The van der Waals surface area contributed by atoms with Gasteiger partial charge in [-0.25, -0.2) is 4.98 Å². The Kier molecular flexibility index (Phi) is 5.78. The fourth-order valence-corrected chi connectivity index (χ4v) is 2.88. The molecule has 0 radical (unpaired) electrons. The van der Waals surface area contributed by atoms with E-state index >= 15 is 0 Å². The predicted molar refractivity (Wildman–Crippen MR) is 95.8 cm³/mol. The number of aryl methyl sites for hydroxylation is 1.